The number of rotatable bonds is 5. The van der Waals surface area contributed by atoms with Crippen molar-refractivity contribution in [2.45, 2.75) is 17.9 Å². The molecular weight excluding hydrogens is 371 g/mol. The van der Waals surface area contributed by atoms with E-state index in [9.17, 15) is 21.6 Å². The maximum atomic E-state index is 13.8. The third-order valence-electron chi connectivity index (χ3n) is 3.48. The van der Waals surface area contributed by atoms with Crippen LogP contribution in [0.1, 0.15) is 18.8 Å². The zero-order valence-electron chi connectivity index (χ0n) is 13.3. The van der Waals surface area contributed by atoms with Gasteiger partial charge in [0.1, 0.15) is 10.7 Å². The molecule has 0 spiro atoms. The summed E-state index contributed by atoms with van der Waals surface area (Å²) in [6, 6.07) is 8.14. The van der Waals surface area contributed by atoms with E-state index in [1.165, 1.54) is 11.6 Å². The van der Waals surface area contributed by atoms with Gasteiger partial charge in [-0.25, -0.2) is 26.3 Å². The van der Waals surface area contributed by atoms with Crippen molar-refractivity contribution in [1.82, 2.24) is 24.9 Å². The Labute approximate surface area is 146 Å². The fraction of sp³-hybridized carbons (Fsp3) is 0.133. The lowest BCUT2D eigenvalue weighted by molar-refractivity contribution is 0.480. The fourth-order valence-corrected chi connectivity index (χ4v) is 3.55. The second-order valence-corrected chi connectivity index (χ2v) is 7.01. The van der Waals surface area contributed by atoms with Gasteiger partial charge in [-0.05, 0) is 35.5 Å². The smallest absolute Gasteiger partial charge is 0.207 e. The van der Waals surface area contributed by atoms with Gasteiger partial charge >= 0.3 is 0 Å². The highest BCUT2D eigenvalue weighted by Crippen LogP contribution is 2.21. The molecule has 3 rings (SSSR count). The Kier molecular flexibility index (Phi) is 4.74. The normalized spacial score (nSPS) is 12.9. The van der Waals surface area contributed by atoms with Crippen LogP contribution >= 0.6 is 0 Å². The van der Waals surface area contributed by atoms with Gasteiger partial charge in [0.05, 0.1) is 11.7 Å². The van der Waals surface area contributed by atoms with Crippen molar-refractivity contribution in [2.75, 3.05) is 0 Å². The summed E-state index contributed by atoms with van der Waals surface area (Å²) < 4.78 is 68.3. The number of para-hydroxylation sites is 1. The molecule has 7 nitrogen and oxygen atoms in total. The average molecular weight is 383 g/mol. The largest absolute Gasteiger partial charge is 0.244 e. The summed E-state index contributed by atoms with van der Waals surface area (Å²) in [5.41, 5.74) is 0.581. The molecular formula is C15H12F3N5O2S. The summed E-state index contributed by atoms with van der Waals surface area (Å²) in [6.07, 6.45) is 0. The number of halogens is 3. The van der Waals surface area contributed by atoms with E-state index in [0.29, 0.717) is 5.69 Å². The van der Waals surface area contributed by atoms with Crippen LogP contribution < -0.4 is 4.72 Å². The molecule has 2 aromatic carbocycles. The Morgan fingerprint density at radius 1 is 1.04 bits per heavy atom. The van der Waals surface area contributed by atoms with E-state index in [1.807, 2.05) is 0 Å². The van der Waals surface area contributed by atoms with Crippen LogP contribution in [-0.2, 0) is 10.0 Å². The van der Waals surface area contributed by atoms with Gasteiger partial charge in [0, 0.05) is 6.07 Å². The first-order chi connectivity index (χ1) is 12.3. The molecule has 0 radical (unpaired) electrons. The van der Waals surface area contributed by atoms with Gasteiger partial charge in [-0.3, -0.25) is 0 Å². The van der Waals surface area contributed by atoms with E-state index >= 15 is 0 Å². The first kappa shape index (κ1) is 18.0. The molecule has 0 amide bonds. The van der Waals surface area contributed by atoms with Crippen LogP contribution in [0.4, 0.5) is 13.2 Å². The molecule has 1 heterocycles. The van der Waals surface area contributed by atoms with Crippen molar-refractivity contribution in [3.8, 4) is 5.69 Å². The van der Waals surface area contributed by atoms with E-state index in [2.05, 4.69) is 20.2 Å². The predicted octanol–water partition coefficient (Wildman–Crippen LogP) is 2.12. The van der Waals surface area contributed by atoms with E-state index in [0.717, 1.165) is 0 Å². The molecule has 1 N–H and O–H groups in total. The summed E-state index contributed by atoms with van der Waals surface area (Å²) in [4.78, 5) is -1.01. The van der Waals surface area contributed by atoms with Crippen molar-refractivity contribution in [3.63, 3.8) is 0 Å². The van der Waals surface area contributed by atoms with Gasteiger partial charge in [0.15, 0.2) is 17.5 Å². The van der Waals surface area contributed by atoms with Crippen molar-refractivity contribution in [2.24, 2.45) is 0 Å². The minimum absolute atomic E-state index is 0.128. The molecule has 0 saturated heterocycles. The van der Waals surface area contributed by atoms with Gasteiger partial charge < -0.3 is 0 Å². The summed E-state index contributed by atoms with van der Waals surface area (Å²) in [5.74, 6) is -4.25. The highest BCUT2D eigenvalue weighted by molar-refractivity contribution is 7.89. The predicted molar refractivity (Wildman–Crippen MR) is 84.2 cm³/mol. The van der Waals surface area contributed by atoms with Crippen LogP contribution in [0.5, 0.6) is 0 Å². The van der Waals surface area contributed by atoms with Crippen LogP contribution in [0.25, 0.3) is 5.69 Å². The van der Waals surface area contributed by atoms with Crippen molar-refractivity contribution >= 4 is 10.0 Å². The van der Waals surface area contributed by atoms with Gasteiger partial charge in [-0.15, -0.1) is 5.10 Å². The third-order valence-corrected chi connectivity index (χ3v) is 5.03. The Balaban J connectivity index is 1.93. The third kappa shape index (κ3) is 3.44. The number of benzene rings is 2. The van der Waals surface area contributed by atoms with E-state index < -0.39 is 38.4 Å². The highest BCUT2D eigenvalue weighted by atomic mass is 32.2. The summed E-state index contributed by atoms with van der Waals surface area (Å²) in [7, 11) is -4.49. The molecule has 136 valence electrons. The summed E-state index contributed by atoms with van der Waals surface area (Å²) in [5, 5.41) is 11.1. The molecule has 3 aromatic rings. The highest BCUT2D eigenvalue weighted by Gasteiger charge is 2.27. The zero-order valence-corrected chi connectivity index (χ0v) is 14.1. The second kappa shape index (κ2) is 6.84. The average Bonchev–Trinajstić information content (AvgIpc) is 3.08. The van der Waals surface area contributed by atoms with E-state index in [4.69, 9.17) is 0 Å². The molecule has 1 atom stereocenters. The topological polar surface area (TPSA) is 89.8 Å². The number of nitrogens with one attached hydrogen (secondary N) is 1. The minimum Gasteiger partial charge on any atom is -0.207 e. The van der Waals surface area contributed by atoms with Crippen molar-refractivity contribution in [3.05, 3.63) is 65.7 Å². The van der Waals surface area contributed by atoms with Crippen LogP contribution in [0.3, 0.4) is 0 Å². The molecule has 0 aliphatic carbocycles. The Morgan fingerprint density at radius 3 is 2.38 bits per heavy atom. The number of tetrazole rings is 1. The van der Waals surface area contributed by atoms with Crippen LogP contribution in [0.15, 0.2) is 47.4 Å². The fourth-order valence-electron chi connectivity index (χ4n) is 2.28. The molecule has 1 aromatic heterocycles. The van der Waals surface area contributed by atoms with Gasteiger partial charge in [-0.1, -0.05) is 18.2 Å². The van der Waals surface area contributed by atoms with Crippen LogP contribution in [-0.4, -0.2) is 28.6 Å². The first-order valence-corrected chi connectivity index (χ1v) is 8.78. The molecule has 0 aliphatic rings. The quantitative estimate of drug-likeness (QED) is 0.682. The number of sulfonamides is 1. The SMILES string of the molecule is CC(NS(=O)(=O)c1cc(F)c(F)cc1F)c1nnnn1-c1ccccc1. The monoisotopic (exact) mass is 383 g/mol. The molecule has 11 heteroatoms. The van der Waals surface area contributed by atoms with Gasteiger partial charge in [0.2, 0.25) is 10.0 Å². The number of hydrogen-bond acceptors (Lipinski definition) is 5. The second-order valence-electron chi connectivity index (χ2n) is 5.32. The van der Waals surface area contributed by atoms with E-state index in [-0.39, 0.29) is 18.0 Å². The van der Waals surface area contributed by atoms with Gasteiger partial charge in [0.25, 0.3) is 0 Å². The summed E-state index contributed by atoms with van der Waals surface area (Å²) >= 11 is 0. The molecule has 0 aliphatic heterocycles. The standard InChI is InChI=1S/C15H12F3N5O2S/c1-9(15-19-21-22-23(15)10-5-3-2-4-6-10)20-26(24,25)14-8-12(17)11(16)7-13(14)18/h2-9,20H,1H3. The van der Waals surface area contributed by atoms with Crippen LogP contribution in [0, 0.1) is 17.5 Å². The minimum atomic E-state index is -4.49. The Hall–Kier alpha value is -2.79. The van der Waals surface area contributed by atoms with Crippen molar-refractivity contribution < 1.29 is 21.6 Å². The Bertz CT molecular complexity index is 1040. The molecule has 0 bridgehead atoms. The molecule has 1 unspecified atom stereocenters. The van der Waals surface area contributed by atoms with Crippen LogP contribution in [0.2, 0.25) is 0 Å². The van der Waals surface area contributed by atoms with E-state index in [1.54, 1.807) is 30.3 Å². The first-order valence-electron chi connectivity index (χ1n) is 7.30. The molecule has 0 fully saturated rings. The lowest BCUT2D eigenvalue weighted by Crippen LogP contribution is -2.29. The lowest BCUT2D eigenvalue weighted by Gasteiger charge is -2.14. The zero-order chi connectivity index (χ0) is 18.9. The maximum absolute atomic E-state index is 13.8. The van der Waals surface area contributed by atoms with Gasteiger partial charge in [-0.2, -0.15) is 4.68 Å². The molecule has 26 heavy (non-hydrogen) atoms. The Morgan fingerprint density at radius 2 is 1.69 bits per heavy atom. The lowest BCUT2D eigenvalue weighted by atomic mass is 10.3. The molecule has 0 saturated carbocycles. The maximum Gasteiger partial charge on any atom is 0.244 e. The number of hydrogen-bond donors (Lipinski definition) is 1. The van der Waals surface area contributed by atoms with Crippen molar-refractivity contribution in [1.29, 1.82) is 0 Å². The number of nitrogens with zero attached hydrogens (tertiary/aromatic N) is 4. The summed E-state index contributed by atoms with van der Waals surface area (Å²) in [6.45, 7) is 1.43. The number of aromatic nitrogens is 4.